The van der Waals surface area contributed by atoms with E-state index in [1.54, 1.807) is 11.3 Å². The van der Waals surface area contributed by atoms with Gasteiger partial charge in [-0.1, -0.05) is 66.2 Å². The van der Waals surface area contributed by atoms with E-state index in [4.69, 9.17) is 0 Å². The number of likely N-dealkylation sites (N-methyl/N-ethyl adjacent to an activating group) is 1. The Morgan fingerprint density at radius 3 is 2.33 bits per heavy atom. The number of amides is 1. The second kappa shape index (κ2) is 8.98. The number of thiophene rings is 1. The van der Waals surface area contributed by atoms with Crippen LogP contribution in [0.4, 0.5) is 0 Å². The van der Waals surface area contributed by atoms with Crippen molar-refractivity contribution in [3.63, 3.8) is 0 Å². The van der Waals surface area contributed by atoms with Gasteiger partial charge in [0.1, 0.15) is 0 Å². The predicted molar refractivity (Wildman–Crippen MR) is 113 cm³/mol. The lowest BCUT2D eigenvalue weighted by atomic mass is 10.0. The van der Waals surface area contributed by atoms with E-state index in [-0.39, 0.29) is 18.0 Å². The smallest absolute Gasteiger partial charge is 0.236 e. The Hall–Kier alpha value is -2.43. The van der Waals surface area contributed by atoms with Crippen molar-refractivity contribution < 1.29 is 4.79 Å². The lowest BCUT2D eigenvalue weighted by Crippen LogP contribution is -2.38. The molecule has 0 unspecified atom stereocenters. The van der Waals surface area contributed by atoms with Crippen molar-refractivity contribution in [3.05, 3.63) is 93.7 Å². The second-order valence-electron chi connectivity index (χ2n) is 6.83. The maximum atomic E-state index is 12.8. The fourth-order valence-electron chi connectivity index (χ4n) is 3.08. The summed E-state index contributed by atoms with van der Waals surface area (Å²) in [6, 6.07) is 22.8. The van der Waals surface area contributed by atoms with Crippen molar-refractivity contribution in [2.75, 3.05) is 13.6 Å². The van der Waals surface area contributed by atoms with Crippen LogP contribution in [0.15, 0.2) is 72.1 Å². The first kappa shape index (κ1) is 19.3. The molecule has 1 heterocycles. The zero-order chi connectivity index (χ0) is 19.2. The molecule has 0 radical (unpaired) electrons. The SMILES string of the molecule is Cc1ccc([C@@H](NCC(=O)N(C)[C@H](C)c2ccccc2)c2cccs2)cc1. The number of benzene rings is 2. The molecular weight excluding hydrogens is 352 g/mol. The van der Waals surface area contributed by atoms with Gasteiger partial charge in [0.25, 0.3) is 0 Å². The minimum Gasteiger partial charge on any atom is -0.338 e. The van der Waals surface area contributed by atoms with Crippen LogP contribution >= 0.6 is 11.3 Å². The van der Waals surface area contributed by atoms with Gasteiger partial charge in [0.2, 0.25) is 5.91 Å². The lowest BCUT2D eigenvalue weighted by Gasteiger charge is -2.27. The lowest BCUT2D eigenvalue weighted by molar-refractivity contribution is -0.130. The highest BCUT2D eigenvalue weighted by Gasteiger charge is 2.20. The molecular formula is C23H26N2OS. The highest BCUT2D eigenvalue weighted by Crippen LogP contribution is 2.26. The largest absolute Gasteiger partial charge is 0.338 e. The molecule has 2 atom stereocenters. The van der Waals surface area contributed by atoms with Crippen molar-refractivity contribution in [3.8, 4) is 0 Å². The van der Waals surface area contributed by atoms with Crippen LogP contribution in [0.25, 0.3) is 0 Å². The van der Waals surface area contributed by atoms with Crippen molar-refractivity contribution in [2.45, 2.75) is 25.9 Å². The molecule has 0 aliphatic carbocycles. The summed E-state index contributed by atoms with van der Waals surface area (Å²) in [5.74, 6) is 0.0834. The summed E-state index contributed by atoms with van der Waals surface area (Å²) in [6.45, 7) is 4.44. The first-order valence-corrected chi connectivity index (χ1v) is 10.1. The van der Waals surface area contributed by atoms with Crippen LogP contribution in [0, 0.1) is 6.92 Å². The van der Waals surface area contributed by atoms with E-state index in [0.717, 1.165) is 5.56 Å². The number of carbonyl (C=O) groups excluding carboxylic acids is 1. The van der Waals surface area contributed by atoms with Crippen LogP contribution in [-0.2, 0) is 4.79 Å². The summed E-state index contributed by atoms with van der Waals surface area (Å²) in [5, 5.41) is 5.54. The Morgan fingerprint density at radius 1 is 1.00 bits per heavy atom. The molecule has 3 aromatic rings. The summed E-state index contributed by atoms with van der Waals surface area (Å²) in [6.07, 6.45) is 0. The zero-order valence-electron chi connectivity index (χ0n) is 16.1. The maximum Gasteiger partial charge on any atom is 0.236 e. The molecule has 4 heteroatoms. The van der Waals surface area contributed by atoms with Crippen LogP contribution < -0.4 is 5.32 Å². The number of hydrogen-bond acceptors (Lipinski definition) is 3. The van der Waals surface area contributed by atoms with Gasteiger partial charge >= 0.3 is 0 Å². The highest BCUT2D eigenvalue weighted by molar-refractivity contribution is 7.10. The fourth-order valence-corrected chi connectivity index (χ4v) is 3.91. The summed E-state index contributed by atoms with van der Waals surface area (Å²) >= 11 is 1.71. The molecule has 140 valence electrons. The molecule has 2 aromatic carbocycles. The van der Waals surface area contributed by atoms with Crippen molar-refractivity contribution in [1.29, 1.82) is 0 Å². The molecule has 3 nitrogen and oxygen atoms in total. The number of nitrogens with one attached hydrogen (secondary N) is 1. The van der Waals surface area contributed by atoms with Crippen LogP contribution in [0.5, 0.6) is 0 Å². The molecule has 0 fully saturated rings. The average Bonchev–Trinajstić information content (AvgIpc) is 3.23. The Balaban J connectivity index is 1.69. The molecule has 0 aliphatic heterocycles. The molecule has 0 spiro atoms. The molecule has 0 aliphatic rings. The summed E-state index contributed by atoms with van der Waals surface area (Å²) in [7, 11) is 1.87. The average molecular weight is 379 g/mol. The summed E-state index contributed by atoms with van der Waals surface area (Å²) in [4.78, 5) is 15.8. The van der Waals surface area contributed by atoms with Crippen LogP contribution in [0.2, 0.25) is 0 Å². The van der Waals surface area contributed by atoms with Gasteiger partial charge in [-0.15, -0.1) is 11.3 Å². The third-order valence-electron chi connectivity index (χ3n) is 4.95. The van der Waals surface area contributed by atoms with E-state index >= 15 is 0 Å². The minimum absolute atomic E-state index is 0.0231. The maximum absolute atomic E-state index is 12.8. The van der Waals surface area contributed by atoms with Gasteiger partial charge in [-0.2, -0.15) is 0 Å². The third-order valence-corrected chi connectivity index (χ3v) is 5.89. The van der Waals surface area contributed by atoms with Gasteiger partial charge in [-0.3, -0.25) is 10.1 Å². The van der Waals surface area contributed by atoms with E-state index in [9.17, 15) is 4.79 Å². The summed E-state index contributed by atoms with van der Waals surface area (Å²) in [5.41, 5.74) is 3.55. The normalized spacial score (nSPS) is 13.1. The first-order chi connectivity index (χ1) is 13.1. The van der Waals surface area contributed by atoms with Gasteiger partial charge in [0, 0.05) is 11.9 Å². The quantitative estimate of drug-likeness (QED) is 0.630. The Bertz CT molecular complexity index is 844. The van der Waals surface area contributed by atoms with Crippen molar-refractivity contribution >= 4 is 17.2 Å². The minimum atomic E-state index is 0.0231. The Kier molecular flexibility index (Phi) is 6.43. The topological polar surface area (TPSA) is 32.3 Å². The summed E-state index contributed by atoms with van der Waals surface area (Å²) < 4.78 is 0. The van der Waals surface area contributed by atoms with E-state index < -0.39 is 0 Å². The monoisotopic (exact) mass is 378 g/mol. The zero-order valence-corrected chi connectivity index (χ0v) is 16.9. The number of aryl methyl sites for hydroxylation is 1. The standard InChI is InChI=1S/C23H26N2OS/c1-17-11-13-20(14-12-17)23(21-10-7-15-27-21)24-16-22(26)25(3)18(2)19-8-5-4-6-9-19/h4-15,18,23-24H,16H2,1-3H3/t18-,23-/m1/s1. The number of rotatable bonds is 7. The highest BCUT2D eigenvalue weighted by atomic mass is 32.1. The van der Waals surface area contributed by atoms with E-state index in [1.807, 2.05) is 36.2 Å². The van der Waals surface area contributed by atoms with Gasteiger partial charge in [-0.05, 0) is 36.4 Å². The number of carbonyl (C=O) groups is 1. The third kappa shape index (κ3) is 4.85. The molecule has 1 aromatic heterocycles. The van der Waals surface area contributed by atoms with E-state index in [1.165, 1.54) is 16.0 Å². The molecule has 1 amide bonds. The molecule has 0 saturated carbocycles. The number of hydrogen-bond donors (Lipinski definition) is 1. The molecule has 27 heavy (non-hydrogen) atoms. The first-order valence-electron chi connectivity index (χ1n) is 9.20. The second-order valence-corrected chi connectivity index (χ2v) is 7.81. The van der Waals surface area contributed by atoms with Crippen molar-refractivity contribution in [2.24, 2.45) is 0 Å². The van der Waals surface area contributed by atoms with E-state index in [0.29, 0.717) is 6.54 Å². The van der Waals surface area contributed by atoms with Crippen LogP contribution in [0.1, 0.15) is 40.6 Å². The van der Waals surface area contributed by atoms with Gasteiger partial charge in [0.15, 0.2) is 0 Å². The molecule has 0 saturated heterocycles. The molecule has 3 rings (SSSR count). The Labute approximate surface area is 165 Å². The number of nitrogens with zero attached hydrogens (tertiary/aromatic N) is 1. The molecule has 0 bridgehead atoms. The van der Waals surface area contributed by atoms with Crippen LogP contribution in [0.3, 0.4) is 0 Å². The van der Waals surface area contributed by atoms with Gasteiger partial charge in [-0.25, -0.2) is 0 Å². The fraction of sp³-hybridized carbons (Fsp3) is 0.261. The van der Waals surface area contributed by atoms with E-state index in [2.05, 4.69) is 67.0 Å². The van der Waals surface area contributed by atoms with Crippen molar-refractivity contribution in [1.82, 2.24) is 10.2 Å². The van der Waals surface area contributed by atoms with Gasteiger partial charge in [0.05, 0.1) is 18.6 Å². The van der Waals surface area contributed by atoms with Crippen LogP contribution in [-0.4, -0.2) is 24.4 Å². The predicted octanol–water partition coefficient (Wildman–Crippen LogP) is 4.96. The molecule has 1 N–H and O–H groups in total. The Morgan fingerprint density at radius 2 is 1.70 bits per heavy atom. The van der Waals surface area contributed by atoms with Gasteiger partial charge < -0.3 is 4.90 Å².